The maximum absolute atomic E-state index is 9.38. The molecule has 0 aromatic heterocycles. The number of nitriles is 1. The third-order valence-electron chi connectivity index (χ3n) is 2.51. The molecule has 1 N–H and O–H groups in total. The van der Waals surface area contributed by atoms with Crippen LogP contribution in [0.25, 0.3) is 0 Å². The lowest BCUT2D eigenvalue weighted by molar-refractivity contribution is 1.45. The van der Waals surface area contributed by atoms with Crippen LogP contribution in [0.2, 0.25) is 0 Å². The highest BCUT2D eigenvalue weighted by Gasteiger charge is 2.08. The molecule has 20 heavy (non-hydrogen) atoms. The Labute approximate surface area is 127 Å². The second-order valence-electron chi connectivity index (χ2n) is 3.88. The number of anilines is 1. The summed E-state index contributed by atoms with van der Waals surface area (Å²) in [6.07, 6.45) is 1.97. The molecule has 0 atom stereocenters. The summed E-state index contributed by atoms with van der Waals surface area (Å²) in [4.78, 5) is 1.73. The average Bonchev–Trinajstić information content (AvgIpc) is 2.52. The van der Waals surface area contributed by atoms with E-state index in [9.17, 15) is 5.26 Å². The molecule has 0 unspecified atom stereocenters. The Balaban J connectivity index is 2.22. The molecular formula is C16H14N2S2. The number of para-hydroxylation sites is 1. The van der Waals surface area contributed by atoms with Gasteiger partial charge in [0.15, 0.2) is 0 Å². The van der Waals surface area contributed by atoms with Crippen molar-refractivity contribution in [3.8, 4) is 6.07 Å². The van der Waals surface area contributed by atoms with E-state index in [4.69, 9.17) is 0 Å². The Morgan fingerprint density at radius 3 is 2.15 bits per heavy atom. The molecule has 4 heteroatoms. The van der Waals surface area contributed by atoms with E-state index in [1.807, 2.05) is 66.9 Å². The summed E-state index contributed by atoms with van der Waals surface area (Å²) in [5.74, 6) is 0. The van der Waals surface area contributed by atoms with E-state index in [0.717, 1.165) is 15.6 Å². The monoisotopic (exact) mass is 298 g/mol. The maximum Gasteiger partial charge on any atom is 0.120 e. The predicted octanol–water partition coefficient (Wildman–Crippen LogP) is 4.95. The van der Waals surface area contributed by atoms with Gasteiger partial charge in [-0.3, -0.25) is 0 Å². The number of rotatable bonds is 5. The quantitative estimate of drug-likeness (QED) is 0.626. The van der Waals surface area contributed by atoms with E-state index in [1.165, 1.54) is 11.8 Å². The lowest BCUT2D eigenvalue weighted by Crippen LogP contribution is -1.98. The summed E-state index contributed by atoms with van der Waals surface area (Å²) in [5, 5.41) is 13.6. The Morgan fingerprint density at radius 2 is 1.60 bits per heavy atom. The van der Waals surface area contributed by atoms with Gasteiger partial charge in [0.05, 0.1) is 5.03 Å². The molecule has 2 rings (SSSR count). The molecule has 0 spiro atoms. The second kappa shape index (κ2) is 7.68. The SMILES string of the molecule is CSC(Nc1ccccc1)=C(C#N)Sc1ccccc1. The van der Waals surface area contributed by atoms with E-state index in [0.29, 0.717) is 4.91 Å². The van der Waals surface area contributed by atoms with Crippen LogP contribution < -0.4 is 5.32 Å². The van der Waals surface area contributed by atoms with Crippen LogP contribution in [0.1, 0.15) is 0 Å². The Kier molecular flexibility index (Phi) is 5.60. The number of hydrogen-bond donors (Lipinski definition) is 1. The van der Waals surface area contributed by atoms with Crippen molar-refractivity contribution < 1.29 is 0 Å². The van der Waals surface area contributed by atoms with E-state index in [1.54, 1.807) is 11.8 Å². The molecule has 2 nitrogen and oxygen atoms in total. The molecule has 2 aromatic rings. The van der Waals surface area contributed by atoms with Crippen molar-refractivity contribution in [2.75, 3.05) is 11.6 Å². The van der Waals surface area contributed by atoms with Crippen molar-refractivity contribution in [2.24, 2.45) is 0 Å². The highest BCUT2D eigenvalue weighted by atomic mass is 32.2. The predicted molar refractivity (Wildman–Crippen MR) is 88.5 cm³/mol. The molecule has 0 aliphatic heterocycles. The standard InChI is InChI=1S/C16H14N2S2/c1-19-16(18-13-8-4-2-5-9-13)15(12-17)20-14-10-6-3-7-11-14/h2-11,18H,1H3. The molecular weight excluding hydrogens is 284 g/mol. The number of nitrogens with zero attached hydrogens (tertiary/aromatic N) is 1. The topological polar surface area (TPSA) is 35.8 Å². The van der Waals surface area contributed by atoms with Crippen LogP contribution in [0.3, 0.4) is 0 Å². The lowest BCUT2D eigenvalue weighted by atomic mass is 10.3. The van der Waals surface area contributed by atoms with Crippen molar-refractivity contribution >= 4 is 29.2 Å². The van der Waals surface area contributed by atoms with E-state index in [2.05, 4.69) is 11.4 Å². The summed E-state index contributed by atoms with van der Waals surface area (Å²) < 4.78 is 0. The minimum absolute atomic E-state index is 0.674. The van der Waals surface area contributed by atoms with Gasteiger partial charge in [-0.2, -0.15) is 5.26 Å². The first-order chi connectivity index (χ1) is 9.83. The Morgan fingerprint density at radius 1 is 1.00 bits per heavy atom. The van der Waals surface area contributed by atoms with Gasteiger partial charge >= 0.3 is 0 Å². The molecule has 0 fully saturated rings. The summed E-state index contributed by atoms with van der Waals surface area (Å²) in [7, 11) is 0. The van der Waals surface area contributed by atoms with Gasteiger partial charge in [-0.1, -0.05) is 48.2 Å². The highest BCUT2D eigenvalue weighted by molar-refractivity contribution is 8.06. The zero-order valence-electron chi connectivity index (χ0n) is 11.0. The van der Waals surface area contributed by atoms with Crippen molar-refractivity contribution in [3.63, 3.8) is 0 Å². The molecule has 0 aliphatic carbocycles. The first-order valence-corrected chi connectivity index (χ1v) is 8.11. The van der Waals surface area contributed by atoms with Crippen molar-refractivity contribution in [1.82, 2.24) is 0 Å². The van der Waals surface area contributed by atoms with E-state index < -0.39 is 0 Å². The minimum atomic E-state index is 0.674. The van der Waals surface area contributed by atoms with Crippen LogP contribution in [0, 0.1) is 11.3 Å². The van der Waals surface area contributed by atoms with Crippen LogP contribution in [0.5, 0.6) is 0 Å². The number of allylic oxidation sites excluding steroid dienone is 1. The summed E-state index contributed by atoms with van der Waals surface area (Å²) in [6, 6.07) is 22.1. The van der Waals surface area contributed by atoms with Crippen LogP contribution >= 0.6 is 23.5 Å². The molecule has 100 valence electrons. The van der Waals surface area contributed by atoms with Crippen LogP contribution in [0.4, 0.5) is 5.69 Å². The van der Waals surface area contributed by atoms with Gasteiger partial charge in [-0.25, -0.2) is 0 Å². The summed E-state index contributed by atoms with van der Waals surface area (Å²) in [6.45, 7) is 0. The summed E-state index contributed by atoms with van der Waals surface area (Å²) >= 11 is 3.02. The average molecular weight is 298 g/mol. The smallest absolute Gasteiger partial charge is 0.120 e. The van der Waals surface area contributed by atoms with Gasteiger partial charge in [0.25, 0.3) is 0 Å². The minimum Gasteiger partial charge on any atom is -0.349 e. The molecule has 0 saturated heterocycles. The maximum atomic E-state index is 9.38. The molecule has 0 amide bonds. The molecule has 0 aliphatic rings. The molecule has 0 radical (unpaired) electrons. The van der Waals surface area contributed by atoms with E-state index in [-0.39, 0.29) is 0 Å². The van der Waals surface area contributed by atoms with Crippen molar-refractivity contribution in [1.29, 1.82) is 5.26 Å². The third kappa shape index (κ3) is 4.09. The zero-order chi connectivity index (χ0) is 14.2. The largest absolute Gasteiger partial charge is 0.349 e. The Bertz CT molecular complexity index is 616. The van der Waals surface area contributed by atoms with Crippen molar-refractivity contribution in [3.05, 3.63) is 70.6 Å². The molecule has 2 aromatic carbocycles. The third-order valence-corrected chi connectivity index (χ3v) is 4.36. The number of hydrogen-bond acceptors (Lipinski definition) is 4. The molecule has 0 saturated carbocycles. The van der Waals surface area contributed by atoms with Crippen LogP contribution in [-0.2, 0) is 0 Å². The van der Waals surface area contributed by atoms with E-state index >= 15 is 0 Å². The summed E-state index contributed by atoms with van der Waals surface area (Å²) in [5.41, 5.74) is 0.985. The lowest BCUT2D eigenvalue weighted by Gasteiger charge is -2.10. The zero-order valence-corrected chi connectivity index (χ0v) is 12.7. The van der Waals surface area contributed by atoms with Gasteiger partial charge in [-0.05, 0) is 30.5 Å². The van der Waals surface area contributed by atoms with Crippen molar-refractivity contribution in [2.45, 2.75) is 4.90 Å². The molecule has 0 heterocycles. The first-order valence-electron chi connectivity index (χ1n) is 6.07. The second-order valence-corrected chi connectivity index (χ2v) is 5.78. The van der Waals surface area contributed by atoms with Gasteiger partial charge in [0.1, 0.15) is 11.0 Å². The van der Waals surface area contributed by atoms with Gasteiger partial charge < -0.3 is 5.32 Å². The fraction of sp³-hybridized carbons (Fsp3) is 0.0625. The normalized spacial score (nSPS) is 11.4. The van der Waals surface area contributed by atoms with Crippen LogP contribution in [-0.4, -0.2) is 6.26 Å². The number of benzene rings is 2. The fourth-order valence-electron chi connectivity index (χ4n) is 1.58. The van der Waals surface area contributed by atoms with Gasteiger partial charge in [-0.15, -0.1) is 11.8 Å². The van der Waals surface area contributed by atoms with Crippen LogP contribution in [0.15, 0.2) is 75.5 Å². The fourth-order valence-corrected chi connectivity index (χ4v) is 3.12. The Hall–Kier alpha value is -1.83. The molecule has 0 bridgehead atoms. The first kappa shape index (κ1) is 14.6. The number of nitrogens with one attached hydrogen (secondary N) is 1. The van der Waals surface area contributed by atoms with Gasteiger partial charge in [0.2, 0.25) is 0 Å². The highest BCUT2D eigenvalue weighted by Crippen LogP contribution is 2.32. The van der Waals surface area contributed by atoms with Gasteiger partial charge in [0, 0.05) is 10.6 Å². The number of thioether (sulfide) groups is 2.